The summed E-state index contributed by atoms with van der Waals surface area (Å²) in [7, 11) is 0. The Morgan fingerprint density at radius 2 is 2.00 bits per heavy atom. The number of carbonyl (C=O) groups excluding carboxylic acids is 1. The number of carbonyl (C=O) groups is 2. The summed E-state index contributed by atoms with van der Waals surface area (Å²) in [6, 6.07) is 7.97. The van der Waals surface area contributed by atoms with Crippen LogP contribution in [0.5, 0.6) is 0 Å². The van der Waals surface area contributed by atoms with Crippen molar-refractivity contribution in [3.63, 3.8) is 0 Å². The van der Waals surface area contributed by atoms with E-state index < -0.39 is 11.5 Å². The van der Waals surface area contributed by atoms with Gasteiger partial charge in [0.05, 0.1) is 0 Å². The van der Waals surface area contributed by atoms with Gasteiger partial charge in [0.15, 0.2) is 0 Å². The fraction of sp³-hybridized carbons (Fsp3) is 0.500. The van der Waals surface area contributed by atoms with Crippen LogP contribution in [0.2, 0.25) is 0 Å². The number of hydrogen-bond acceptors (Lipinski definition) is 2. The second-order valence-corrected chi connectivity index (χ2v) is 5.75. The molecule has 20 heavy (non-hydrogen) atoms. The molecule has 4 heteroatoms. The van der Waals surface area contributed by atoms with Crippen LogP contribution in [0.25, 0.3) is 0 Å². The third-order valence-corrected chi connectivity index (χ3v) is 4.21. The summed E-state index contributed by atoms with van der Waals surface area (Å²) in [5.74, 6) is -1.01. The highest BCUT2D eigenvalue weighted by molar-refractivity contribution is 5.88. The summed E-state index contributed by atoms with van der Waals surface area (Å²) in [5.41, 5.74) is 1.28. The maximum Gasteiger partial charge on any atom is 0.329 e. The number of aliphatic carboxylic acids is 1. The van der Waals surface area contributed by atoms with Gasteiger partial charge in [-0.15, -0.1) is 0 Å². The molecule has 1 unspecified atom stereocenters. The Bertz CT molecular complexity index is 520. The van der Waals surface area contributed by atoms with Crippen LogP contribution in [-0.2, 0) is 9.59 Å². The van der Waals surface area contributed by atoms with Crippen LogP contribution in [0.15, 0.2) is 24.3 Å². The van der Waals surface area contributed by atoms with Crippen LogP contribution in [0.4, 0.5) is 0 Å². The molecule has 0 saturated heterocycles. The van der Waals surface area contributed by atoms with E-state index in [9.17, 15) is 14.7 Å². The molecule has 0 spiro atoms. The van der Waals surface area contributed by atoms with Gasteiger partial charge in [-0.2, -0.15) is 0 Å². The van der Waals surface area contributed by atoms with Crippen molar-refractivity contribution in [2.45, 2.75) is 51.0 Å². The van der Waals surface area contributed by atoms with Crippen LogP contribution in [0.1, 0.15) is 49.7 Å². The normalized spacial score (nSPS) is 17.9. The number of rotatable bonds is 5. The molecular formula is C16H21NO3. The molecule has 2 N–H and O–H groups in total. The first-order chi connectivity index (χ1) is 9.44. The van der Waals surface area contributed by atoms with Crippen molar-refractivity contribution < 1.29 is 14.7 Å². The first-order valence-electron chi connectivity index (χ1n) is 7.04. The van der Waals surface area contributed by atoms with E-state index >= 15 is 0 Å². The molecule has 2 rings (SSSR count). The average molecular weight is 275 g/mol. The molecule has 0 radical (unpaired) electrons. The van der Waals surface area contributed by atoms with Gasteiger partial charge < -0.3 is 10.4 Å². The first kappa shape index (κ1) is 14.6. The van der Waals surface area contributed by atoms with Gasteiger partial charge in [-0.3, -0.25) is 4.79 Å². The Morgan fingerprint density at radius 1 is 1.35 bits per heavy atom. The number of carboxylic acids is 1. The average Bonchev–Trinajstić information content (AvgIpc) is 2.33. The monoisotopic (exact) mass is 275 g/mol. The number of amides is 1. The first-order valence-corrected chi connectivity index (χ1v) is 7.04. The molecule has 108 valence electrons. The molecule has 1 atom stereocenters. The van der Waals surface area contributed by atoms with Crippen LogP contribution < -0.4 is 5.32 Å². The highest BCUT2D eigenvalue weighted by Crippen LogP contribution is 2.32. The van der Waals surface area contributed by atoms with Crippen LogP contribution in [0.3, 0.4) is 0 Å². The summed E-state index contributed by atoms with van der Waals surface area (Å²) in [4.78, 5) is 23.3. The van der Waals surface area contributed by atoms with E-state index in [1.54, 1.807) is 0 Å². The number of carboxylic acid groups (broad SMARTS) is 1. The molecule has 0 aromatic heterocycles. The molecule has 4 nitrogen and oxygen atoms in total. The third kappa shape index (κ3) is 2.84. The van der Waals surface area contributed by atoms with Gasteiger partial charge in [0.2, 0.25) is 5.91 Å². The highest BCUT2D eigenvalue weighted by atomic mass is 16.4. The number of benzene rings is 1. The molecule has 1 amide bonds. The number of aryl methyl sites for hydroxylation is 1. The molecule has 1 aliphatic rings. The van der Waals surface area contributed by atoms with Gasteiger partial charge in [0, 0.05) is 6.42 Å². The second-order valence-electron chi connectivity index (χ2n) is 5.75. The summed E-state index contributed by atoms with van der Waals surface area (Å²) >= 11 is 0. The van der Waals surface area contributed by atoms with Crippen molar-refractivity contribution in [1.29, 1.82) is 0 Å². The molecule has 1 aliphatic carbocycles. The number of nitrogens with one attached hydrogen (secondary N) is 1. The quantitative estimate of drug-likeness (QED) is 0.868. The lowest BCUT2D eigenvalue weighted by atomic mass is 9.76. The van der Waals surface area contributed by atoms with Crippen molar-refractivity contribution >= 4 is 11.9 Å². The van der Waals surface area contributed by atoms with Crippen molar-refractivity contribution in [1.82, 2.24) is 5.32 Å². The minimum absolute atomic E-state index is 0.0853. The van der Waals surface area contributed by atoms with Crippen molar-refractivity contribution in [3.05, 3.63) is 35.4 Å². The van der Waals surface area contributed by atoms with Crippen molar-refractivity contribution in [2.24, 2.45) is 0 Å². The molecule has 1 saturated carbocycles. The molecule has 1 aromatic carbocycles. The fourth-order valence-electron chi connectivity index (χ4n) is 2.77. The second kappa shape index (κ2) is 5.65. The SMILES string of the molecule is Cc1ccccc1C(C)CC(=O)NC1(C(=O)O)CCC1. The molecule has 1 aromatic rings. The fourth-order valence-corrected chi connectivity index (χ4v) is 2.77. The van der Waals surface area contributed by atoms with E-state index in [4.69, 9.17) is 0 Å². The lowest BCUT2D eigenvalue weighted by Gasteiger charge is -2.38. The minimum Gasteiger partial charge on any atom is -0.480 e. The molecule has 1 fully saturated rings. The Balaban J connectivity index is 1.98. The Hall–Kier alpha value is -1.84. The topological polar surface area (TPSA) is 66.4 Å². The van der Waals surface area contributed by atoms with E-state index in [1.165, 1.54) is 0 Å². The van der Waals surface area contributed by atoms with Gasteiger partial charge in [0.25, 0.3) is 0 Å². The zero-order valence-corrected chi connectivity index (χ0v) is 12.0. The van der Waals surface area contributed by atoms with Crippen LogP contribution in [0, 0.1) is 6.92 Å². The van der Waals surface area contributed by atoms with E-state index in [0.717, 1.165) is 17.5 Å². The zero-order valence-electron chi connectivity index (χ0n) is 12.0. The smallest absolute Gasteiger partial charge is 0.329 e. The number of hydrogen-bond donors (Lipinski definition) is 2. The minimum atomic E-state index is -1.01. The van der Waals surface area contributed by atoms with Crippen molar-refractivity contribution in [2.75, 3.05) is 0 Å². The van der Waals surface area contributed by atoms with E-state index in [0.29, 0.717) is 19.3 Å². The van der Waals surface area contributed by atoms with Crippen molar-refractivity contribution in [3.8, 4) is 0 Å². The Labute approximate surface area is 119 Å². The highest BCUT2D eigenvalue weighted by Gasteiger charge is 2.45. The van der Waals surface area contributed by atoms with Crippen LogP contribution >= 0.6 is 0 Å². The van der Waals surface area contributed by atoms with Crippen LogP contribution in [-0.4, -0.2) is 22.5 Å². The third-order valence-electron chi connectivity index (χ3n) is 4.21. The molecule has 0 heterocycles. The van der Waals surface area contributed by atoms with Gasteiger partial charge in [0.1, 0.15) is 5.54 Å². The Kier molecular flexibility index (Phi) is 4.12. The Morgan fingerprint density at radius 3 is 2.50 bits per heavy atom. The molecule has 0 bridgehead atoms. The molecule has 0 aliphatic heterocycles. The van der Waals surface area contributed by atoms with Gasteiger partial charge >= 0.3 is 5.97 Å². The lowest BCUT2D eigenvalue weighted by Crippen LogP contribution is -2.59. The summed E-state index contributed by atoms with van der Waals surface area (Å²) in [6.07, 6.45) is 2.25. The zero-order chi connectivity index (χ0) is 14.8. The standard InChI is InChI=1S/C16H21NO3/c1-11-6-3-4-7-13(11)12(2)10-14(18)17-16(15(19)20)8-5-9-16/h3-4,6-7,12H,5,8-10H2,1-2H3,(H,17,18)(H,19,20). The van der Waals surface area contributed by atoms with E-state index in [1.807, 2.05) is 38.1 Å². The predicted molar refractivity (Wildman–Crippen MR) is 76.6 cm³/mol. The summed E-state index contributed by atoms with van der Waals surface area (Å²) in [5, 5.41) is 11.9. The summed E-state index contributed by atoms with van der Waals surface area (Å²) in [6.45, 7) is 4.02. The maximum absolute atomic E-state index is 12.1. The summed E-state index contributed by atoms with van der Waals surface area (Å²) < 4.78 is 0. The predicted octanol–water partition coefficient (Wildman–Crippen LogP) is 2.61. The van der Waals surface area contributed by atoms with Gasteiger partial charge in [-0.05, 0) is 43.2 Å². The van der Waals surface area contributed by atoms with E-state index in [2.05, 4.69) is 5.32 Å². The van der Waals surface area contributed by atoms with E-state index in [-0.39, 0.29) is 11.8 Å². The lowest BCUT2D eigenvalue weighted by molar-refractivity contribution is -0.151. The van der Waals surface area contributed by atoms with Gasteiger partial charge in [-0.25, -0.2) is 4.79 Å². The van der Waals surface area contributed by atoms with Gasteiger partial charge in [-0.1, -0.05) is 31.2 Å². The largest absolute Gasteiger partial charge is 0.480 e. The maximum atomic E-state index is 12.1. The molecular weight excluding hydrogens is 254 g/mol.